The third kappa shape index (κ3) is 5.50. The quantitative estimate of drug-likeness (QED) is 0.626. The maximum atomic E-state index is 10.6. The Hall–Kier alpha value is 1.43. The van der Waals surface area contributed by atoms with E-state index < -0.39 is 11.8 Å². The van der Waals surface area contributed by atoms with Crippen LogP contribution in [-0.2, 0) is 0 Å². The maximum absolute atomic E-state index is 10.6. The summed E-state index contributed by atoms with van der Waals surface area (Å²) in [5, 5.41) is 0. The van der Waals surface area contributed by atoms with Crippen molar-refractivity contribution in [3.8, 4) is 0 Å². The van der Waals surface area contributed by atoms with Gasteiger partial charge in [0.05, 0.1) is 0 Å². The van der Waals surface area contributed by atoms with Crippen molar-refractivity contribution in [2.75, 3.05) is 0 Å². The van der Waals surface area contributed by atoms with Crippen LogP contribution in [0.15, 0.2) is 24.3 Å². The molecular formula is C8H10K2N2O2. The monoisotopic (exact) mass is 244 g/mol. The Morgan fingerprint density at radius 1 is 0.786 bits per heavy atom. The van der Waals surface area contributed by atoms with Gasteiger partial charge in [-0.15, -0.1) is 0 Å². The number of rotatable bonds is 2. The number of carbonyl (C=O) groups excluding carboxylic acids is 2. The Morgan fingerprint density at radius 2 is 1.00 bits per heavy atom. The van der Waals surface area contributed by atoms with E-state index in [1.807, 2.05) is 0 Å². The van der Waals surface area contributed by atoms with Crippen LogP contribution in [0.4, 0.5) is 0 Å². The van der Waals surface area contributed by atoms with Crippen molar-refractivity contribution in [1.82, 2.24) is 0 Å². The molecule has 0 aliphatic rings. The molecule has 0 atom stereocenters. The molecule has 0 aliphatic carbocycles. The normalized spacial score (nSPS) is 8.00. The molecule has 4 N–H and O–H groups in total. The average molecular weight is 244 g/mol. The molecule has 0 unspecified atom stereocenters. The molecule has 0 aromatic heterocycles. The summed E-state index contributed by atoms with van der Waals surface area (Å²) in [6.07, 6.45) is 0. The van der Waals surface area contributed by atoms with Gasteiger partial charge in [0.15, 0.2) is 0 Å². The Balaban J connectivity index is 0. The fourth-order valence-corrected chi connectivity index (χ4v) is 0.799. The molecule has 0 saturated carbocycles. The van der Waals surface area contributed by atoms with Crippen LogP contribution in [0, 0.1) is 0 Å². The first-order valence-electron chi connectivity index (χ1n) is 3.31. The van der Waals surface area contributed by atoms with E-state index in [1.165, 1.54) is 24.3 Å². The number of hydrogen-bond donors (Lipinski definition) is 2. The minimum atomic E-state index is -0.522. The van der Waals surface area contributed by atoms with Gasteiger partial charge >= 0.3 is 103 Å². The van der Waals surface area contributed by atoms with Crippen LogP contribution < -0.4 is 11.5 Å². The van der Waals surface area contributed by atoms with Crippen LogP contribution in [0.25, 0.3) is 0 Å². The van der Waals surface area contributed by atoms with E-state index in [9.17, 15) is 9.59 Å². The molecule has 66 valence electrons. The molecular weight excluding hydrogens is 234 g/mol. The van der Waals surface area contributed by atoms with Crippen LogP contribution in [-0.4, -0.2) is 115 Å². The molecule has 0 heterocycles. The van der Waals surface area contributed by atoms with Crippen LogP contribution in [0.3, 0.4) is 0 Å². The van der Waals surface area contributed by atoms with Gasteiger partial charge in [-0.3, -0.25) is 9.59 Å². The predicted octanol–water partition coefficient (Wildman–Crippen LogP) is -1.41. The standard InChI is InChI=1S/C8H8N2O2.2K.2H/c9-7(11)5-1-2-6(4-3-5)8(10)12;;;;/h1-4H,(H2,9,11)(H2,10,12);;;;. The third-order valence-corrected chi connectivity index (χ3v) is 1.45. The van der Waals surface area contributed by atoms with Crippen molar-refractivity contribution in [3.63, 3.8) is 0 Å². The number of benzene rings is 1. The predicted molar refractivity (Wildman–Crippen MR) is 57.8 cm³/mol. The zero-order valence-corrected chi connectivity index (χ0v) is 6.28. The summed E-state index contributed by atoms with van der Waals surface area (Å²) in [7, 11) is 0. The third-order valence-electron chi connectivity index (χ3n) is 1.45. The second-order valence-corrected chi connectivity index (χ2v) is 2.31. The Kier molecular flexibility index (Phi) is 10.9. The minimum absolute atomic E-state index is 0. The van der Waals surface area contributed by atoms with Crippen molar-refractivity contribution in [2.24, 2.45) is 11.5 Å². The van der Waals surface area contributed by atoms with Gasteiger partial charge in [-0.05, 0) is 24.3 Å². The summed E-state index contributed by atoms with van der Waals surface area (Å²) < 4.78 is 0. The SMILES string of the molecule is NC(=O)c1ccc(C(N)=O)cc1.[KH].[KH]. The Bertz CT molecular complexity index is 292. The molecule has 1 aromatic rings. The van der Waals surface area contributed by atoms with E-state index in [0.717, 1.165) is 0 Å². The molecule has 0 fully saturated rings. The molecule has 0 radical (unpaired) electrons. The molecule has 4 nitrogen and oxygen atoms in total. The molecule has 14 heavy (non-hydrogen) atoms. The van der Waals surface area contributed by atoms with E-state index in [2.05, 4.69) is 0 Å². The summed E-state index contributed by atoms with van der Waals surface area (Å²) in [6.45, 7) is 0. The fourth-order valence-electron chi connectivity index (χ4n) is 0.799. The molecule has 1 rings (SSSR count). The van der Waals surface area contributed by atoms with E-state index >= 15 is 0 Å². The van der Waals surface area contributed by atoms with Crippen molar-refractivity contribution >= 4 is 115 Å². The number of amides is 2. The van der Waals surface area contributed by atoms with Crippen molar-refractivity contribution in [2.45, 2.75) is 0 Å². The first kappa shape index (κ1) is 17.8. The fraction of sp³-hybridized carbons (Fsp3) is 0. The Morgan fingerprint density at radius 3 is 1.14 bits per heavy atom. The van der Waals surface area contributed by atoms with E-state index in [0.29, 0.717) is 11.1 Å². The molecule has 1 aromatic carbocycles. The summed E-state index contributed by atoms with van der Waals surface area (Å²) >= 11 is 0. The van der Waals surface area contributed by atoms with Crippen molar-refractivity contribution in [1.29, 1.82) is 0 Å². The van der Waals surface area contributed by atoms with Crippen LogP contribution in [0.5, 0.6) is 0 Å². The number of nitrogens with two attached hydrogens (primary N) is 2. The number of carbonyl (C=O) groups is 2. The molecule has 0 spiro atoms. The van der Waals surface area contributed by atoms with Gasteiger partial charge in [0.25, 0.3) is 0 Å². The number of primary amides is 2. The zero-order chi connectivity index (χ0) is 9.14. The van der Waals surface area contributed by atoms with Gasteiger partial charge in [0.1, 0.15) is 0 Å². The second kappa shape index (κ2) is 8.57. The van der Waals surface area contributed by atoms with Gasteiger partial charge in [0.2, 0.25) is 11.8 Å². The van der Waals surface area contributed by atoms with E-state index in [-0.39, 0.29) is 103 Å². The molecule has 0 aliphatic heterocycles. The van der Waals surface area contributed by atoms with Crippen LogP contribution in [0.2, 0.25) is 0 Å². The summed E-state index contributed by atoms with van der Waals surface area (Å²) in [5.41, 5.74) is 10.7. The molecule has 0 bridgehead atoms. The topological polar surface area (TPSA) is 86.2 Å². The molecule has 2 amide bonds. The Labute approximate surface area is 167 Å². The summed E-state index contributed by atoms with van der Waals surface area (Å²) in [5.74, 6) is -1.04. The zero-order valence-electron chi connectivity index (χ0n) is 6.28. The number of hydrogen-bond acceptors (Lipinski definition) is 2. The van der Waals surface area contributed by atoms with Crippen molar-refractivity contribution < 1.29 is 9.59 Å². The first-order chi connectivity index (χ1) is 5.61. The average Bonchev–Trinajstić information content (AvgIpc) is 2.04. The van der Waals surface area contributed by atoms with E-state index in [1.54, 1.807) is 0 Å². The van der Waals surface area contributed by atoms with Gasteiger partial charge < -0.3 is 11.5 Å². The second-order valence-electron chi connectivity index (χ2n) is 2.31. The van der Waals surface area contributed by atoms with Gasteiger partial charge in [-0.2, -0.15) is 0 Å². The van der Waals surface area contributed by atoms with Gasteiger partial charge in [-0.1, -0.05) is 0 Å². The van der Waals surface area contributed by atoms with Crippen LogP contribution in [0.1, 0.15) is 20.7 Å². The van der Waals surface area contributed by atoms with Gasteiger partial charge in [0, 0.05) is 11.1 Å². The first-order valence-corrected chi connectivity index (χ1v) is 3.31. The van der Waals surface area contributed by atoms with E-state index in [4.69, 9.17) is 11.5 Å². The molecule has 6 heteroatoms. The van der Waals surface area contributed by atoms with Crippen molar-refractivity contribution in [3.05, 3.63) is 35.4 Å². The summed E-state index contributed by atoms with van der Waals surface area (Å²) in [6, 6.07) is 5.84. The van der Waals surface area contributed by atoms with Crippen LogP contribution >= 0.6 is 0 Å². The summed E-state index contributed by atoms with van der Waals surface area (Å²) in [4.78, 5) is 21.2. The molecule has 0 saturated heterocycles. The van der Waals surface area contributed by atoms with Gasteiger partial charge in [-0.25, -0.2) is 0 Å².